The molecule has 1 aliphatic heterocycles. The minimum atomic E-state index is -1.19. The van der Waals surface area contributed by atoms with Crippen LogP contribution in [0.15, 0.2) is 41.8 Å². The van der Waals surface area contributed by atoms with Gasteiger partial charge in [0.25, 0.3) is 17.7 Å². The summed E-state index contributed by atoms with van der Waals surface area (Å²) in [6, 6.07) is 10.0. The number of nitrogens with zero attached hydrogens (tertiary/aromatic N) is 1. The second-order valence-corrected chi connectivity index (χ2v) is 8.23. The van der Waals surface area contributed by atoms with Crippen molar-refractivity contribution in [2.24, 2.45) is 0 Å². The molecule has 3 amide bonds. The van der Waals surface area contributed by atoms with Gasteiger partial charge in [-0.1, -0.05) is 49.6 Å². The maximum atomic E-state index is 13.2. The fraction of sp³-hybridized carbons (Fsp3) is 0.381. The van der Waals surface area contributed by atoms with Gasteiger partial charge >= 0.3 is 0 Å². The zero-order chi connectivity index (χ0) is 19.5. The first kappa shape index (κ1) is 18.7. The summed E-state index contributed by atoms with van der Waals surface area (Å²) in [6.45, 7) is 0.200. The minimum Gasteiger partial charge on any atom is -0.351 e. The normalized spacial score (nSPS) is 20.3. The van der Waals surface area contributed by atoms with Crippen LogP contribution in [-0.4, -0.2) is 34.7 Å². The van der Waals surface area contributed by atoms with Gasteiger partial charge < -0.3 is 15.5 Å². The Labute approximate surface area is 167 Å². The predicted molar refractivity (Wildman–Crippen MR) is 108 cm³/mol. The number of carbonyl (C=O) groups excluding carboxylic acids is 3. The highest BCUT2D eigenvalue weighted by Crippen LogP contribution is 2.30. The molecule has 0 spiro atoms. The van der Waals surface area contributed by atoms with Crippen molar-refractivity contribution in [3.05, 3.63) is 52.9 Å². The van der Waals surface area contributed by atoms with E-state index in [2.05, 4.69) is 10.6 Å². The number of benzene rings is 1. The van der Waals surface area contributed by atoms with Gasteiger partial charge in [-0.15, -0.1) is 11.3 Å². The number of nitrogens with one attached hydrogen (secondary N) is 2. The molecular weight excluding hydrogens is 374 g/mol. The summed E-state index contributed by atoms with van der Waals surface area (Å²) in [5.74, 6) is -1.16. The standard InChI is InChI=1S/C21H23N3O3S/c25-18(22-15-9-5-2-6-10-15)17-19(26)23-20-16(11-12-28-20)21(27)24(17)13-14-7-3-1-4-8-14/h1,3-4,7-8,11-12,15,17H,2,5-6,9-10,13H2,(H,22,25)(H,23,26). The molecule has 7 heteroatoms. The van der Waals surface area contributed by atoms with E-state index in [1.54, 1.807) is 11.4 Å². The molecule has 4 rings (SSSR count). The Balaban J connectivity index is 1.64. The van der Waals surface area contributed by atoms with Crippen molar-refractivity contribution in [3.8, 4) is 0 Å². The van der Waals surface area contributed by atoms with Crippen molar-refractivity contribution < 1.29 is 14.4 Å². The van der Waals surface area contributed by atoms with Gasteiger partial charge in [0.05, 0.1) is 5.56 Å². The number of hydrogen-bond donors (Lipinski definition) is 2. The Bertz CT molecular complexity index is 874. The highest BCUT2D eigenvalue weighted by molar-refractivity contribution is 7.14. The number of amides is 3. The molecule has 146 valence electrons. The number of carbonyl (C=O) groups is 3. The van der Waals surface area contributed by atoms with Gasteiger partial charge in [-0.25, -0.2) is 0 Å². The predicted octanol–water partition coefficient (Wildman–Crippen LogP) is 3.16. The molecule has 2 aromatic rings. The van der Waals surface area contributed by atoms with Gasteiger partial charge in [0, 0.05) is 12.6 Å². The quantitative estimate of drug-likeness (QED) is 0.778. The van der Waals surface area contributed by atoms with E-state index < -0.39 is 17.9 Å². The lowest BCUT2D eigenvalue weighted by molar-refractivity contribution is -0.134. The molecule has 0 bridgehead atoms. The topological polar surface area (TPSA) is 78.5 Å². The van der Waals surface area contributed by atoms with Crippen LogP contribution in [0.4, 0.5) is 5.00 Å². The van der Waals surface area contributed by atoms with Crippen LogP contribution in [-0.2, 0) is 16.1 Å². The lowest BCUT2D eigenvalue weighted by atomic mass is 9.95. The van der Waals surface area contributed by atoms with Crippen LogP contribution < -0.4 is 10.6 Å². The second-order valence-electron chi connectivity index (χ2n) is 7.32. The van der Waals surface area contributed by atoms with Crippen LogP contribution in [0.2, 0.25) is 0 Å². The fourth-order valence-electron chi connectivity index (χ4n) is 3.90. The molecular formula is C21H23N3O3S. The van der Waals surface area contributed by atoms with Crippen LogP contribution in [0, 0.1) is 0 Å². The van der Waals surface area contributed by atoms with Gasteiger partial charge in [0.2, 0.25) is 0 Å². The summed E-state index contributed by atoms with van der Waals surface area (Å²) in [4.78, 5) is 40.6. The van der Waals surface area contributed by atoms with Crippen molar-refractivity contribution in [2.45, 2.75) is 50.7 Å². The van der Waals surface area contributed by atoms with Crippen LogP contribution in [0.3, 0.4) is 0 Å². The summed E-state index contributed by atoms with van der Waals surface area (Å²) < 4.78 is 0. The van der Waals surface area contributed by atoms with E-state index in [1.807, 2.05) is 30.3 Å². The lowest BCUT2D eigenvalue weighted by Gasteiger charge is -2.30. The van der Waals surface area contributed by atoms with Crippen molar-refractivity contribution in [1.29, 1.82) is 0 Å². The molecule has 1 fully saturated rings. The maximum absolute atomic E-state index is 13.2. The molecule has 2 aliphatic rings. The molecule has 1 aromatic heterocycles. The Morgan fingerprint density at radius 2 is 1.86 bits per heavy atom. The molecule has 1 unspecified atom stereocenters. The third-order valence-electron chi connectivity index (χ3n) is 5.35. The molecule has 0 radical (unpaired) electrons. The Hall–Kier alpha value is -2.67. The van der Waals surface area contributed by atoms with Crippen LogP contribution in [0.25, 0.3) is 0 Å². The van der Waals surface area contributed by atoms with E-state index in [1.165, 1.54) is 22.7 Å². The fourth-order valence-corrected chi connectivity index (χ4v) is 4.68. The van der Waals surface area contributed by atoms with E-state index in [0.29, 0.717) is 10.6 Å². The Morgan fingerprint density at radius 1 is 1.11 bits per heavy atom. The number of anilines is 1. The molecule has 28 heavy (non-hydrogen) atoms. The first-order valence-electron chi connectivity index (χ1n) is 9.67. The number of fused-ring (bicyclic) bond motifs is 1. The zero-order valence-electron chi connectivity index (χ0n) is 15.5. The molecule has 0 saturated heterocycles. The number of thiophene rings is 1. The van der Waals surface area contributed by atoms with E-state index in [0.717, 1.165) is 31.2 Å². The smallest absolute Gasteiger partial charge is 0.258 e. The third-order valence-corrected chi connectivity index (χ3v) is 6.18. The molecule has 1 aliphatic carbocycles. The van der Waals surface area contributed by atoms with Gasteiger partial charge in [-0.05, 0) is 29.9 Å². The monoisotopic (exact) mass is 397 g/mol. The maximum Gasteiger partial charge on any atom is 0.258 e. The molecule has 2 N–H and O–H groups in total. The van der Waals surface area contributed by atoms with Crippen LogP contribution in [0.1, 0.15) is 48.0 Å². The first-order valence-corrected chi connectivity index (χ1v) is 10.5. The van der Waals surface area contributed by atoms with Crippen LogP contribution in [0.5, 0.6) is 0 Å². The third kappa shape index (κ3) is 3.80. The summed E-state index contributed by atoms with van der Waals surface area (Å²) in [5, 5.41) is 8.06. The molecule has 6 nitrogen and oxygen atoms in total. The van der Waals surface area contributed by atoms with Gasteiger partial charge in [0.1, 0.15) is 5.00 Å². The highest BCUT2D eigenvalue weighted by Gasteiger charge is 2.41. The minimum absolute atomic E-state index is 0.0695. The van der Waals surface area contributed by atoms with E-state index in [9.17, 15) is 14.4 Å². The van der Waals surface area contributed by atoms with E-state index in [-0.39, 0.29) is 18.5 Å². The number of hydrogen-bond acceptors (Lipinski definition) is 4. The second kappa shape index (κ2) is 8.14. The first-order chi connectivity index (χ1) is 13.6. The molecule has 1 aromatic carbocycles. The average molecular weight is 398 g/mol. The average Bonchev–Trinajstić information content (AvgIpc) is 3.13. The SMILES string of the molecule is O=C1Nc2sccc2C(=O)N(Cc2ccccc2)C1C(=O)NC1CCCCC1. The van der Waals surface area contributed by atoms with Gasteiger partial charge in [-0.3, -0.25) is 14.4 Å². The van der Waals surface area contributed by atoms with Crippen molar-refractivity contribution in [1.82, 2.24) is 10.2 Å². The molecule has 1 saturated carbocycles. The Morgan fingerprint density at radius 3 is 2.61 bits per heavy atom. The van der Waals surface area contributed by atoms with Gasteiger partial charge in [-0.2, -0.15) is 0 Å². The largest absolute Gasteiger partial charge is 0.351 e. The molecule has 1 atom stereocenters. The van der Waals surface area contributed by atoms with E-state index >= 15 is 0 Å². The van der Waals surface area contributed by atoms with Crippen molar-refractivity contribution in [3.63, 3.8) is 0 Å². The highest BCUT2D eigenvalue weighted by atomic mass is 32.1. The van der Waals surface area contributed by atoms with Crippen molar-refractivity contribution in [2.75, 3.05) is 5.32 Å². The summed E-state index contributed by atoms with van der Waals surface area (Å²) >= 11 is 1.29. The van der Waals surface area contributed by atoms with Crippen molar-refractivity contribution >= 4 is 34.1 Å². The molecule has 2 heterocycles. The summed E-state index contributed by atoms with van der Waals surface area (Å²) in [5.41, 5.74) is 1.31. The summed E-state index contributed by atoms with van der Waals surface area (Å²) in [7, 11) is 0. The lowest BCUT2D eigenvalue weighted by Crippen LogP contribution is -2.55. The Kier molecular flexibility index (Phi) is 5.43. The zero-order valence-corrected chi connectivity index (χ0v) is 16.3. The number of rotatable bonds is 4. The summed E-state index contributed by atoms with van der Waals surface area (Å²) in [6.07, 6.45) is 5.16. The van der Waals surface area contributed by atoms with E-state index in [4.69, 9.17) is 0 Å². The van der Waals surface area contributed by atoms with Crippen LogP contribution >= 0.6 is 11.3 Å². The van der Waals surface area contributed by atoms with Gasteiger partial charge in [0.15, 0.2) is 6.04 Å².